The molecule has 1 aliphatic rings. The lowest BCUT2D eigenvalue weighted by Crippen LogP contribution is -2.45. The standard InChI is InChI=1S/C15H23ClN2O/c1-11(17)15(13-6-2-3-7-14(13)16)18-8-4-5-12(9-18)10-19/h2-3,6-7,11-12,15,19H,4-5,8-10,17H2,1H3. The van der Waals surface area contributed by atoms with Crippen molar-refractivity contribution in [3.8, 4) is 0 Å². The molecule has 2 rings (SSSR count). The summed E-state index contributed by atoms with van der Waals surface area (Å²) in [7, 11) is 0. The van der Waals surface area contributed by atoms with Gasteiger partial charge in [-0.25, -0.2) is 0 Å². The lowest BCUT2D eigenvalue weighted by molar-refractivity contribution is 0.0793. The van der Waals surface area contributed by atoms with Crippen LogP contribution in [0.1, 0.15) is 31.4 Å². The Kier molecular flexibility index (Phi) is 5.22. The van der Waals surface area contributed by atoms with Crippen molar-refractivity contribution in [1.29, 1.82) is 0 Å². The zero-order chi connectivity index (χ0) is 13.8. The van der Waals surface area contributed by atoms with E-state index in [1.54, 1.807) is 0 Å². The SMILES string of the molecule is CC(N)C(c1ccccc1Cl)N1CCCC(CO)C1. The number of hydrogen-bond donors (Lipinski definition) is 2. The molecule has 0 bridgehead atoms. The molecule has 3 atom stereocenters. The second-order valence-corrected chi connectivity index (χ2v) is 5.92. The Hall–Kier alpha value is -0.610. The van der Waals surface area contributed by atoms with Gasteiger partial charge in [-0.1, -0.05) is 29.8 Å². The molecule has 3 N–H and O–H groups in total. The fourth-order valence-electron chi connectivity index (χ4n) is 3.03. The van der Waals surface area contributed by atoms with Crippen LogP contribution < -0.4 is 5.73 Å². The van der Waals surface area contributed by atoms with E-state index >= 15 is 0 Å². The number of piperidine rings is 1. The van der Waals surface area contributed by atoms with Crippen molar-refractivity contribution in [3.05, 3.63) is 34.9 Å². The second kappa shape index (κ2) is 6.71. The minimum atomic E-state index is 0.0114. The van der Waals surface area contributed by atoms with E-state index in [0.29, 0.717) is 5.92 Å². The van der Waals surface area contributed by atoms with E-state index in [0.717, 1.165) is 36.5 Å². The summed E-state index contributed by atoms with van der Waals surface area (Å²) in [6.07, 6.45) is 2.21. The minimum absolute atomic E-state index is 0.0114. The molecule has 1 aromatic carbocycles. The normalized spacial score (nSPS) is 24.1. The fourth-order valence-corrected chi connectivity index (χ4v) is 3.27. The number of benzene rings is 1. The number of halogens is 1. The van der Waals surface area contributed by atoms with Gasteiger partial charge in [-0.15, -0.1) is 0 Å². The van der Waals surface area contributed by atoms with Gasteiger partial charge in [0.05, 0.1) is 6.04 Å². The van der Waals surface area contributed by atoms with Crippen molar-refractivity contribution in [1.82, 2.24) is 4.90 Å². The van der Waals surface area contributed by atoms with Gasteiger partial charge in [0.2, 0.25) is 0 Å². The maximum absolute atomic E-state index is 9.37. The number of nitrogens with zero attached hydrogens (tertiary/aromatic N) is 1. The number of aliphatic hydroxyl groups is 1. The predicted molar refractivity (Wildman–Crippen MR) is 79.2 cm³/mol. The van der Waals surface area contributed by atoms with E-state index in [4.69, 9.17) is 17.3 Å². The molecule has 0 amide bonds. The molecule has 4 heteroatoms. The van der Waals surface area contributed by atoms with Crippen LogP contribution in [-0.4, -0.2) is 35.7 Å². The highest BCUT2D eigenvalue weighted by Crippen LogP contribution is 2.32. The highest BCUT2D eigenvalue weighted by atomic mass is 35.5. The zero-order valence-electron chi connectivity index (χ0n) is 11.4. The Balaban J connectivity index is 2.23. The van der Waals surface area contributed by atoms with Crippen LogP contribution in [0.25, 0.3) is 0 Å². The van der Waals surface area contributed by atoms with E-state index in [-0.39, 0.29) is 18.7 Å². The molecule has 1 aromatic rings. The quantitative estimate of drug-likeness (QED) is 0.892. The molecule has 0 spiro atoms. The summed E-state index contributed by atoms with van der Waals surface area (Å²) in [4.78, 5) is 2.37. The topological polar surface area (TPSA) is 49.5 Å². The summed E-state index contributed by atoms with van der Waals surface area (Å²) in [6, 6.07) is 8.06. The summed E-state index contributed by atoms with van der Waals surface area (Å²) in [6.45, 7) is 4.20. The summed E-state index contributed by atoms with van der Waals surface area (Å²) in [5, 5.41) is 10.1. The number of rotatable bonds is 4. The number of aliphatic hydroxyl groups excluding tert-OH is 1. The molecule has 106 valence electrons. The number of hydrogen-bond acceptors (Lipinski definition) is 3. The fraction of sp³-hybridized carbons (Fsp3) is 0.600. The third kappa shape index (κ3) is 3.48. The number of likely N-dealkylation sites (tertiary alicyclic amines) is 1. The van der Waals surface area contributed by atoms with Crippen molar-refractivity contribution in [2.75, 3.05) is 19.7 Å². The maximum atomic E-state index is 9.37. The maximum Gasteiger partial charge on any atom is 0.0511 e. The first-order chi connectivity index (χ1) is 9.13. The first-order valence-corrected chi connectivity index (χ1v) is 7.36. The molecule has 0 saturated carbocycles. The molecular weight excluding hydrogens is 260 g/mol. The van der Waals surface area contributed by atoms with Gasteiger partial charge in [0.15, 0.2) is 0 Å². The molecular formula is C15H23ClN2O. The van der Waals surface area contributed by atoms with E-state index in [1.807, 2.05) is 25.1 Å². The van der Waals surface area contributed by atoms with Crippen molar-refractivity contribution in [2.45, 2.75) is 31.8 Å². The van der Waals surface area contributed by atoms with E-state index < -0.39 is 0 Å². The van der Waals surface area contributed by atoms with Crippen LogP contribution in [0.15, 0.2) is 24.3 Å². The summed E-state index contributed by atoms with van der Waals surface area (Å²) < 4.78 is 0. The van der Waals surface area contributed by atoms with Crippen LogP contribution in [0.3, 0.4) is 0 Å². The van der Waals surface area contributed by atoms with Crippen LogP contribution in [0.4, 0.5) is 0 Å². The van der Waals surface area contributed by atoms with Crippen LogP contribution in [0.5, 0.6) is 0 Å². The lowest BCUT2D eigenvalue weighted by Gasteiger charge is -2.40. The van der Waals surface area contributed by atoms with Gasteiger partial charge in [0.25, 0.3) is 0 Å². The highest BCUT2D eigenvalue weighted by molar-refractivity contribution is 6.31. The zero-order valence-corrected chi connectivity index (χ0v) is 12.2. The lowest BCUT2D eigenvalue weighted by atomic mass is 9.92. The van der Waals surface area contributed by atoms with Crippen LogP contribution >= 0.6 is 11.6 Å². The molecule has 0 aliphatic carbocycles. The Morgan fingerprint density at radius 3 is 2.84 bits per heavy atom. The van der Waals surface area contributed by atoms with Gasteiger partial charge in [-0.3, -0.25) is 4.90 Å². The molecule has 19 heavy (non-hydrogen) atoms. The summed E-state index contributed by atoms with van der Waals surface area (Å²) >= 11 is 6.32. The molecule has 3 unspecified atom stereocenters. The van der Waals surface area contributed by atoms with Crippen LogP contribution in [-0.2, 0) is 0 Å². The molecule has 1 aliphatic heterocycles. The Bertz CT molecular complexity index is 411. The molecule has 1 heterocycles. The van der Waals surface area contributed by atoms with Crippen molar-refractivity contribution in [2.24, 2.45) is 11.7 Å². The van der Waals surface area contributed by atoms with Gasteiger partial charge in [-0.2, -0.15) is 0 Å². The highest BCUT2D eigenvalue weighted by Gasteiger charge is 2.29. The van der Waals surface area contributed by atoms with Crippen molar-refractivity contribution < 1.29 is 5.11 Å². The van der Waals surface area contributed by atoms with Gasteiger partial charge >= 0.3 is 0 Å². The van der Waals surface area contributed by atoms with Gasteiger partial charge < -0.3 is 10.8 Å². The molecule has 1 saturated heterocycles. The van der Waals surface area contributed by atoms with E-state index in [2.05, 4.69) is 11.0 Å². The third-order valence-corrected chi connectivity index (χ3v) is 4.27. The minimum Gasteiger partial charge on any atom is -0.396 e. The average molecular weight is 283 g/mol. The van der Waals surface area contributed by atoms with E-state index in [9.17, 15) is 5.11 Å². The van der Waals surface area contributed by atoms with Gasteiger partial charge in [0, 0.05) is 24.2 Å². The van der Waals surface area contributed by atoms with Crippen LogP contribution in [0, 0.1) is 5.92 Å². The Morgan fingerprint density at radius 2 is 2.21 bits per heavy atom. The Labute approximate surface area is 120 Å². The Morgan fingerprint density at radius 1 is 1.47 bits per heavy atom. The largest absolute Gasteiger partial charge is 0.396 e. The predicted octanol–water partition coefficient (Wildman–Crippen LogP) is 2.43. The van der Waals surface area contributed by atoms with E-state index in [1.165, 1.54) is 0 Å². The average Bonchev–Trinajstić information content (AvgIpc) is 2.41. The summed E-state index contributed by atoms with van der Waals surface area (Å²) in [5.74, 6) is 0.359. The smallest absolute Gasteiger partial charge is 0.0511 e. The first kappa shape index (κ1) is 14.8. The monoisotopic (exact) mass is 282 g/mol. The van der Waals surface area contributed by atoms with Crippen molar-refractivity contribution >= 4 is 11.6 Å². The summed E-state index contributed by atoms with van der Waals surface area (Å²) in [5.41, 5.74) is 7.29. The van der Waals surface area contributed by atoms with Crippen molar-refractivity contribution in [3.63, 3.8) is 0 Å². The third-order valence-electron chi connectivity index (χ3n) is 3.92. The molecule has 0 aromatic heterocycles. The molecule has 1 fully saturated rings. The second-order valence-electron chi connectivity index (χ2n) is 5.51. The molecule has 0 radical (unpaired) electrons. The first-order valence-electron chi connectivity index (χ1n) is 6.98. The van der Waals surface area contributed by atoms with Gasteiger partial charge in [0.1, 0.15) is 0 Å². The molecule has 3 nitrogen and oxygen atoms in total. The number of nitrogens with two attached hydrogens (primary N) is 1. The van der Waals surface area contributed by atoms with Gasteiger partial charge in [-0.05, 0) is 43.9 Å². The van der Waals surface area contributed by atoms with Crippen LogP contribution in [0.2, 0.25) is 5.02 Å².